The second-order valence-electron chi connectivity index (χ2n) is 1.08. The standard InChI is InChI=1S/C4H7NO2S.H2/c1-2-7-4(6)3(5)8;/h2H2,1H3,(H2,5,8);1H. The van der Waals surface area contributed by atoms with E-state index < -0.39 is 5.97 Å². The van der Waals surface area contributed by atoms with Crippen molar-refractivity contribution in [3.05, 3.63) is 0 Å². The van der Waals surface area contributed by atoms with Crippen molar-refractivity contribution < 1.29 is 11.0 Å². The van der Waals surface area contributed by atoms with Crippen LogP contribution in [0, 0.1) is 0 Å². The predicted molar refractivity (Wildman–Crippen MR) is 35.5 cm³/mol. The summed E-state index contributed by atoms with van der Waals surface area (Å²) in [4.78, 5) is 10.0. The van der Waals surface area contributed by atoms with E-state index in [1.807, 2.05) is 0 Å². The van der Waals surface area contributed by atoms with E-state index in [9.17, 15) is 4.79 Å². The molecule has 0 amide bonds. The molecule has 0 saturated carbocycles. The molecule has 0 spiro atoms. The average molecular weight is 135 g/mol. The number of nitrogens with two attached hydrogens (primary N) is 1. The van der Waals surface area contributed by atoms with Crippen molar-refractivity contribution in [2.24, 2.45) is 5.73 Å². The lowest BCUT2D eigenvalue weighted by Crippen LogP contribution is -2.23. The molecule has 0 aliphatic heterocycles. The fourth-order valence-electron chi connectivity index (χ4n) is 0.202. The highest BCUT2D eigenvalue weighted by molar-refractivity contribution is 7.81. The summed E-state index contributed by atoms with van der Waals surface area (Å²) in [6.07, 6.45) is 0. The highest BCUT2D eigenvalue weighted by Gasteiger charge is 2.01. The van der Waals surface area contributed by atoms with Gasteiger partial charge in [-0.3, -0.25) is 0 Å². The van der Waals surface area contributed by atoms with Gasteiger partial charge in [0.2, 0.25) is 0 Å². The second kappa shape index (κ2) is 3.37. The van der Waals surface area contributed by atoms with Gasteiger partial charge in [0.15, 0.2) is 4.99 Å². The number of hydrogen-bond donors (Lipinski definition) is 1. The number of ether oxygens (including phenoxy) is 1. The number of carbonyl (C=O) groups excluding carboxylic acids is 1. The van der Waals surface area contributed by atoms with Crippen LogP contribution in [0.5, 0.6) is 0 Å². The molecule has 0 rings (SSSR count). The van der Waals surface area contributed by atoms with Gasteiger partial charge < -0.3 is 10.5 Å². The quantitative estimate of drug-likeness (QED) is 0.408. The van der Waals surface area contributed by atoms with Gasteiger partial charge in [0, 0.05) is 1.43 Å². The molecule has 8 heavy (non-hydrogen) atoms. The van der Waals surface area contributed by atoms with Crippen LogP contribution >= 0.6 is 12.2 Å². The van der Waals surface area contributed by atoms with Crippen molar-refractivity contribution in [3.63, 3.8) is 0 Å². The van der Waals surface area contributed by atoms with Crippen molar-refractivity contribution in [3.8, 4) is 0 Å². The molecule has 2 N–H and O–H groups in total. The summed E-state index contributed by atoms with van der Waals surface area (Å²) < 4.78 is 4.40. The molecule has 0 radical (unpaired) electrons. The van der Waals surface area contributed by atoms with E-state index in [-0.39, 0.29) is 6.42 Å². The maximum absolute atomic E-state index is 10.3. The molecule has 4 heteroatoms. The highest BCUT2D eigenvalue weighted by atomic mass is 32.1. The molecule has 0 saturated heterocycles. The molecular weight excluding hydrogens is 126 g/mol. The number of carbonyl (C=O) groups is 1. The molecule has 0 aliphatic rings. The van der Waals surface area contributed by atoms with Crippen LogP contribution in [0.4, 0.5) is 0 Å². The van der Waals surface area contributed by atoms with Crippen LogP contribution in [0.3, 0.4) is 0 Å². The summed E-state index contributed by atoms with van der Waals surface area (Å²) >= 11 is 4.29. The number of thiocarbonyl (C=S) groups is 1. The zero-order valence-electron chi connectivity index (χ0n) is 4.51. The van der Waals surface area contributed by atoms with Crippen molar-refractivity contribution in [1.29, 1.82) is 0 Å². The minimum absolute atomic E-state index is 0. The number of rotatable bonds is 1. The lowest BCUT2D eigenvalue weighted by atomic mass is 10.7. The van der Waals surface area contributed by atoms with Crippen molar-refractivity contribution in [2.75, 3.05) is 6.61 Å². The van der Waals surface area contributed by atoms with Gasteiger partial charge in [0.05, 0.1) is 6.61 Å². The molecule has 3 nitrogen and oxygen atoms in total. The minimum atomic E-state index is -0.609. The van der Waals surface area contributed by atoms with E-state index in [0.717, 1.165) is 0 Å². The lowest BCUT2D eigenvalue weighted by molar-refractivity contribution is -0.134. The van der Waals surface area contributed by atoms with E-state index >= 15 is 0 Å². The summed E-state index contributed by atoms with van der Waals surface area (Å²) in [5.74, 6) is -0.609. The molecule has 48 valence electrons. The van der Waals surface area contributed by atoms with E-state index in [0.29, 0.717) is 6.61 Å². The topological polar surface area (TPSA) is 52.3 Å². The van der Waals surface area contributed by atoms with Crippen LogP contribution in [0.25, 0.3) is 0 Å². The van der Waals surface area contributed by atoms with Crippen molar-refractivity contribution in [2.45, 2.75) is 6.92 Å². The Morgan fingerprint density at radius 3 is 2.62 bits per heavy atom. The predicted octanol–water partition coefficient (Wildman–Crippen LogP) is 0.0816. The molecule has 0 aromatic rings. The Hall–Kier alpha value is -0.640. The van der Waals surface area contributed by atoms with Crippen LogP contribution in [-0.4, -0.2) is 17.6 Å². The van der Waals surface area contributed by atoms with Gasteiger partial charge in [-0.2, -0.15) is 0 Å². The molecule has 0 fully saturated rings. The van der Waals surface area contributed by atoms with Gasteiger partial charge in [0.25, 0.3) is 0 Å². The monoisotopic (exact) mass is 135 g/mol. The first-order valence-electron chi connectivity index (χ1n) is 2.15. The maximum atomic E-state index is 10.3. The SMILES string of the molecule is CCOC(=O)C(N)=S.[HH]. The Kier molecular flexibility index (Phi) is 3.10. The van der Waals surface area contributed by atoms with Gasteiger partial charge in [-0.15, -0.1) is 0 Å². The normalized spacial score (nSPS) is 8.12. The molecule has 0 aromatic heterocycles. The van der Waals surface area contributed by atoms with E-state index in [1.54, 1.807) is 6.92 Å². The van der Waals surface area contributed by atoms with Crippen LogP contribution in [0.2, 0.25) is 0 Å². The zero-order chi connectivity index (χ0) is 6.57. The summed E-state index contributed by atoms with van der Waals surface area (Å²) in [5.41, 5.74) is 4.88. The summed E-state index contributed by atoms with van der Waals surface area (Å²) in [6.45, 7) is 2.01. The molecule has 0 bridgehead atoms. The first-order valence-corrected chi connectivity index (χ1v) is 2.56. The first kappa shape index (κ1) is 7.36. The average Bonchev–Trinajstić information content (AvgIpc) is 1.67. The molecule has 0 aromatic carbocycles. The van der Waals surface area contributed by atoms with Gasteiger partial charge in [-0.05, 0) is 6.92 Å². The summed E-state index contributed by atoms with van der Waals surface area (Å²) in [7, 11) is 0. The molecule has 0 atom stereocenters. The summed E-state index contributed by atoms with van der Waals surface area (Å²) in [5, 5.41) is 0. The number of esters is 1. The molecule has 0 heterocycles. The van der Waals surface area contributed by atoms with Gasteiger partial charge >= 0.3 is 5.97 Å². The number of hydrogen-bond acceptors (Lipinski definition) is 3. The Morgan fingerprint density at radius 1 is 2.00 bits per heavy atom. The van der Waals surface area contributed by atoms with Crippen molar-refractivity contribution >= 4 is 23.2 Å². The Bertz CT molecular complexity index is 117. The molecule has 0 aliphatic carbocycles. The first-order chi connectivity index (χ1) is 3.68. The zero-order valence-corrected chi connectivity index (χ0v) is 5.33. The minimum Gasteiger partial charge on any atom is -0.461 e. The van der Waals surface area contributed by atoms with Crippen LogP contribution in [-0.2, 0) is 9.53 Å². The smallest absolute Gasteiger partial charge is 0.365 e. The van der Waals surface area contributed by atoms with E-state index in [1.165, 1.54) is 0 Å². The Labute approximate surface area is 54.3 Å². The maximum Gasteiger partial charge on any atom is 0.365 e. The lowest BCUT2D eigenvalue weighted by Gasteiger charge is -1.95. The fourth-order valence-corrected chi connectivity index (χ4v) is 0.261. The molecule has 0 unspecified atom stereocenters. The highest BCUT2D eigenvalue weighted by Crippen LogP contribution is 1.75. The third-order valence-corrected chi connectivity index (χ3v) is 0.643. The third-order valence-electron chi connectivity index (χ3n) is 0.477. The Morgan fingerprint density at radius 2 is 2.50 bits per heavy atom. The van der Waals surface area contributed by atoms with Crippen LogP contribution in [0.15, 0.2) is 0 Å². The van der Waals surface area contributed by atoms with E-state index in [2.05, 4.69) is 17.0 Å². The van der Waals surface area contributed by atoms with Gasteiger partial charge in [0.1, 0.15) is 0 Å². The second-order valence-corrected chi connectivity index (χ2v) is 1.52. The largest absolute Gasteiger partial charge is 0.461 e. The van der Waals surface area contributed by atoms with Crippen LogP contribution in [0.1, 0.15) is 8.35 Å². The van der Waals surface area contributed by atoms with Crippen molar-refractivity contribution in [1.82, 2.24) is 0 Å². The van der Waals surface area contributed by atoms with E-state index in [4.69, 9.17) is 5.73 Å². The van der Waals surface area contributed by atoms with Gasteiger partial charge in [-0.1, -0.05) is 12.2 Å². The van der Waals surface area contributed by atoms with Gasteiger partial charge in [-0.25, -0.2) is 4.79 Å². The summed E-state index contributed by atoms with van der Waals surface area (Å²) in [6, 6.07) is 0. The Balaban J connectivity index is 0. The molecular formula is C4H9NO2S. The third kappa shape index (κ3) is 2.52. The van der Waals surface area contributed by atoms with Crippen LogP contribution < -0.4 is 5.73 Å². The fraction of sp³-hybridized carbons (Fsp3) is 0.500.